The molecule has 0 radical (unpaired) electrons. The Bertz CT molecular complexity index is 529. The van der Waals surface area contributed by atoms with Crippen LogP contribution >= 0.6 is 0 Å². The minimum absolute atomic E-state index is 0.850. The highest BCUT2D eigenvalue weighted by molar-refractivity contribution is 5.98. The third-order valence-electron chi connectivity index (χ3n) is 2.69. The number of fused-ring (bicyclic) bond motifs is 3. The Balaban J connectivity index is 2.33. The molecular weight excluding hydrogens is 184 g/mol. The van der Waals surface area contributed by atoms with E-state index in [2.05, 4.69) is 59.4 Å². The van der Waals surface area contributed by atoms with E-state index in [1.807, 2.05) is 0 Å². The van der Waals surface area contributed by atoms with E-state index in [0.717, 1.165) is 6.54 Å². The Labute approximate surface area is 88.6 Å². The third-order valence-corrected chi connectivity index (χ3v) is 2.69. The average molecular weight is 196 g/mol. The Morgan fingerprint density at radius 2 is 1.93 bits per heavy atom. The van der Waals surface area contributed by atoms with Crippen LogP contribution in [0.5, 0.6) is 0 Å². The van der Waals surface area contributed by atoms with Gasteiger partial charge in [-0.3, -0.25) is 0 Å². The van der Waals surface area contributed by atoms with Gasteiger partial charge < -0.3 is 5.43 Å². The van der Waals surface area contributed by atoms with Crippen molar-refractivity contribution in [2.24, 2.45) is 0 Å². The molecular formula is C13H12N2. The van der Waals surface area contributed by atoms with Crippen molar-refractivity contribution in [1.82, 2.24) is 5.43 Å². The number of hydrogen-bond acceptors (Lipinski definition) is 2. The van der Waals surface area contributed by atoms with Crippen LogP contribution < -0.4 is 10.9 Å². The van der Waals surface area contributed by atoms with Crippen molar-refractivity contribution in [3.05, 3.63) is 48.0 Å². The van der Waals surface area contributed by atoms with Crippen LogP contribution in [0.25, 0.3) is 16.8 Å². The fraction of sp³-hybridized carbons (Fsp3) is 0.0769. The maximum absolute atomic E-state index is 3.26. The molecule has 2 aromatic carbocycles. The van der Waals surface area contributed by atoms with E-state index in [0.29, 0.717) is 0 Å². The quantitative estimate of drug-likeness (QED) is 0.677. The molecule has 0 aromatic heterocycles. The molecule has 0 fully saturated rings. The second-order valence-electron chi connectivity index (χ2n) is 3.66. The van der Waals surface area contributed by atoms with Gasteiger partial charge >= 0.3 is 0 Å². The smallest absolute Gasteiger partial charge is 0.0638 e. The molecule has 1 aliphatic heterocycles. The molecule has 1 aliphatic rings. The summed E-state index contributed by atoms with van der Waals surface area (Å²) < 4.78 is 0. The lowest BCUT2D eigenvalue weighted by atomic mass is 10.0. The van der Waals surface area contributed by atoms with E-state index in [4.69, 9.17) is 0 Å². The van der Waals surface area contributed by atoms with Crippen LogP contribution in [0.4, 0.5) is 5.69 Å². The number of anilines is 1. The summed E-state index contributed by atoms with van der Waals surface area (Å²) in [7, 11) is 0. The van der Waals surface area contributed by atoms with Crippen molar-refractivity contribution in [1.29, 1.82) is 0 Å². The summed E-state index contributed by atoms with van der Waals surface area (Å²) in [5.41, 5.74) is 8.82. The molecule has 2 nitrogen and oxygen atoms in total. The first-order valence-electron chi connectivity index (χ1n) is 5.12. The number of hydrazine groups is 1. The predicted octanol–water partition coefficient (Wildman–Crippen LogP) is 2.78. The highest BCUT2D eigenvalue weighted by Crippen LogP contribution is 2.28. The molecule has 0 saturated carbocycles. The third kappa shape index (κ3) is 1.39. The zero-order valence-corrected chi connectivity index (χ0v) is 8.33. The Kier molecular flexibility index (Phi) is 1.93. The van der Waals surface area contributed by atoms with Gasteiger partial charge in [-0.15, -0.1) is 0 Å². The average Bonchev–Trinajstić information content (AvgIpc) is 2.54. The topological polar surface area (TPSA) is 24.1 Å². The largest absolute Gasteiger partial charge is 0.320 e. The van der Waals surface area contributed by atoms with E-state index in [1.54, 1.807) is 0 Å². The highest BCUT2D eigenvalue weighted by atomic mass is 15.4. The van der Waals surface area contributed by atoms with Crippen LogP contribution in [0.15, 0.2) is 42.5 Å². The van der Waals surface area contributed by atoms with Gasteiger partial charge in [-0.05, 0) is 10.9 Å². The van der Waals surface area contributed by atoms with E-state index in [-0.39, 0.29) is 0 Å². The maximum Gasteiger partial charge on any atom is 0.0638 e. The molecule has 2 N–H and O–H groups in total. The molecule has 2 heteroatoms. The first-order valence-corrected chi connectivity index (χ1v) is 5.12. The number of rotatable bonds is 0. The molecule has 0 amide bonds. The van der Waals surface area contributed by atoms with Crippen molar-refractivity contribution in [3.8, 4) is 0 Å². The molecule has 3 rings (SSSR count). The second-order valence-corrected chi connectivity index (χ2v) is 3.66. The normalized spacial score (nSPS) is 14.4. The minimum atomic E-state index is 0.850. The maximum atomic E-state index is 3.26. The lowest BCUT2D eigenvalue weighted by Crippen LogP contribution is -2.20. The molecule has 0 saturated heterocycles. The van der Waals surface area contributed by atoms with Crippen LogP contribution in [0, 0.1) is 0 Å². The molecule has 0 atom stereocenters. The molecule has 0 bridgehead atoms. The number of benzene rings is 2. The monoisotopic (exact) mass is 196 g/mol. The van der Waals surface area contributed by atoms with Crippen molar-refractivity contribution in [2.45, 2.75) is 0 Å². The van der Waals surface area contributed by atoms with Gasteiger partial charge in [-0.2, -0.15) is 0 Å². The van der Waals surface area contributed by atoms with Crippen molar-refractivity contribution >= 4 is 22.5 Å². The van der Waals surface area contributed by atoms with Gasteiger partial charge in [0.25, 0.3) is 0 Å². The molecule has 0 spiro atoms. The summed E-state index contributed by atoms with van der Waals surface area (Å²) >= 11 is 0. The van der Waals surface area contributed by atoms with E-state index >= 15 is 0 Å². The summed E-state index contributed by atoms with van der Waals surface area (Å²) in [6.45, 7) is 0.850. The first kappa shape index (κ1) is 8.50. The fourth-order valence-electron chi connectivity index (χ4n) is 1.95. The van der Waals surface area contributed by atoms with E-state index in [1.165, 1.54) is 22.0 Å². The Morgan fingerprint density at radius 1 is 1.00 bits per heavy atom. The van der Waals surface area contributed by atoms with Gasteiger partial charge in [0, 0.05) is 11.9 Å². The molecule has 0 unspecified atom stereocenters. The van der Waals surface area contributed by atoms with Crippen LogP contribution in [-0.4, -0.2) is 6.54 Å². The summed E-state index contributed by atoms with van der Waals surface area (Å²) in [5.74, 6) is 0. The standard InChI is InChI=1S/C13H12N2/c1-2-6-12-10(4-1)7-8-11-5-3-9-14-15-13(11)12/h1-8,14-15H,9H2. The van der Waals surface area contributed by atoms with Crippen LogP contribution in [0.1, 0.15) is 5.56 Å². The highest BCUT2D eigenvalue weighted by Gasteiger charge is 2.06. The lowest BCUT2D eigenvalue weighted by Gasteiger charge is -2.10. The fourth-order valence-corrected chi connectivity index (χ4v) is 1.95. The zero-order valence-electron chi connectivity index (χ0n) is 8.33. The predicted molar refractivity (Wildman–Crippen MR) is 64.6 cm³/mol. The van der Waals surface area contributed by atoms with Crippen LogP contribution in [-0.2, 0) is 0 Å². The van der Waals surface area contributed by atoms with Crippen LogP contribution in [0.3, 0.4) is 0 Å². The summed E-state index contributed by atoms with van der Waals surface area (Å²) in [5, 5.41) is 2.52. The van der Waals surface area contributed by atoms with Crippen LogP contribution in [0.2, 0.25) is 0 Å². The molecule has 1 heterocycles. The Morgan fingerprint density at radius 3 is 2.93 bits per heavy atom. The summed E-state index contributed by atoms with van der Waals surface area (Å²) in [6.07, 6.45) is 4.27. The van der Waals surface area contributed by atoms with Gasteiger partial charge in [0.1, 0.15) is 0 Å². The molecule has 15 heavy (non-hydrogen) atoms. The van der Waals surface area contributed by atoms with Gasteiger partial charge in [0.15, 0.2) is 0 Å². The minimum Gasteiger partial charge on any atom is -0.320 e. The second kappa shape index (κ2) is 3.41. The lowest BCUT2D eigenvalue weighted by molar-refractivity contribution is 0.905. The molecule has 74 valence electrons. The van der Waals surface area contributed by atoms with Gasteiger partial charge in [-0.1, -0.05) is 48.6 Å². The van der Waals surface area contributed by atoms with Crippen molar-refractivity contribution in [2.75, 3.05) is 12.0 Å². The summed E-state index contributed by atoms with van der Waals surface area (Å²) in [6, 6.07) is 12.7. The Hall–Kier alpha value is -1.80. The number of nitrogens with one attached hydrogen (secondary N) is 2. The van der Waals surface area contributed by atoms with Crippen molar-refractivity contribution < 1.29 is 0 Å². The molecule has 2 aromatic rings. The van der Waals surface area contributed by atoms with Gasteiger partial charge in [0.05, 0.1) is 5.69 Å². The zero-order chi connectivity index (χ0) is 10.1. The first-order chi connectivity index (χ1) is 7.45. The molecule has 0 aliphatic carbocycles. The van der Waals surface area contributed by atoms with Gasteiger partial charge in [0.2, 0.25) is 0 Å². The van der Waals surface area contributed by atoms with Crippen molar-refractivity contribution in [3.63, 3.8) is 0 Å². The van der Waals surface area contributed by atoms with Gasteiger partial charge in [-0.25, -0.2) is 5.43 Å². The summed E-state index contributed by atoms with van der Waals surface area (Å²) in [4.78, 5) is 0. The van der Waals surface area contributed by atoms with E-state index < -0.39 is 0 Å². The van der Waals surface area contributed by atoms with E-state index in [9.17, 15) is 0 Å². The SMILES string of the molecule is C1=Cc2ccc3ccccc3c2NNC1. The number of hydrogen-bond donors (Lipinski definition) is 2.